The van der Waals surface area contributed by atoms with Gasteiger partial charge < -0.3 is 14.6 Å². The highest BCUT2D eigenvalue weighted by Gasteiger charge is 2.16. The van der Waals surface area contributed by atoms with Gasteiger partial charge in [0.05, 0.1) is 24.7 Å². The van der Waals surface area contributed by atoms with Gasteiger partial charge in [0.2, 0.25) is 11.7 Å². The Morgan fingerprint density at radius 1 is 1.19 bits per heavy atom. The van der Waals surface area contributed by atoms with Crippen LogP contribution >= 0.6 is 11.6 Å². The average molecular weight is 466 g/mol. The van der Waals surface area contributed by atoms with Crippen molar-refractivity contribution in [1.82, 2.24) is 9.55 Å². The van der Waals surface area contributed by atoms with Crippen LogP contribution in [0.25, 0.3) is 0 Å². The number of sulfone groups is 1. The van der Waals surface area contributed by atoms with Crippen LogP contribution in [0.2, 0.25) is 5.02 Å². The van der Waals surface area contributed by atoms with Crippen molar-refractivity contribution in [2.45, 2.75) is 25.3 Å². The van der Waals surface area contributed by atoms with Gasteiger partial charge in [-0.2, -0.15) is 4.98 Å². The number of benzene rings is 2. The Bertz CT molecular complexity index is 1300. The lowest BCUT2D eigenvalue weighted by molar-refractivity contribution is 0.402. The molecule has 0 amide bonds. The third-order valence-corrected chi connectivity index (χ3v) is 6.08. The number of halogens is 2. The summed E-state index contributed by atoms with van der Waals surface area (Å²) in [5.41, 5.74) is 1.96. The van der Waals surface area contributed by atoms with E-state index in [0.717, 1.165) is 17.4 Å². The lowest BCUT2D eigenvalue weighted by Gasteiger charge is -2.18. The zero-order valence-electron chi connectivity index (χ0n) is 17.4. The number of nitrogens with zero attached hydrogens (tertiary/aromatic N) is 2. The molecule has 10 heteroatoms. The van der Waals surface area contributed by atoms with Crippen molar-refractivity contribution >= 4 is 33.1 Å². The average Bonchev–Trinajstić information content (AvgIpc) is 2.65. The zero-order chi connectivity index (χ0) is 22.9. The van der Waals surface area contributed by atoms with Crippen LogP contribution in [0, 0.1) is 19.7 Å². The summed E-state index contributed by atoms with van der Waals surface area (Å²) in [6.07, 6.45) is 2.56. The van der Waals surface area contributed by atoms with Crippen LogP contribution < -0.4 is 15.6 Å². The van der Waals surface area contributed by atoms with Crippen molar-refractivity contribution in [2.75, 3.05) is 18.7 Å². The first-order chi connectivity index (χ1) is 14.5. The molecule has 7 nitrogen and oxygen atoms in total. The van der Waals surface area contributed by atoms with E-state index in [1.807, 2.05) is 6.92 Å². The highest BCUT2D eigenvalue weighted by Crippen LogP contribution is 2.27. The van der Waals surface area contributed by atoms with Gasteiger partial charge in [-0.1, -0.05) is 11.6 Å². The number of nitrogens with one attached hydrogen (secondary N) is 1. The first-order valence-electron chi connectivity index (χ1n) is 9.16. The number of hydrogen-bond donors (Lipinski definition) is 1. The number of hydrogen-bond acceptors (Lipinski definition) is 6. The van der Waals surface area contributed by atoms with Gasteiger partial charge in [0.15, 0.2) is 9.84 Å². The summed E-state index contributed by atoms with van der Waals surface area (Å²) >= 11 is 5.96. The maximum absolute atomic E-state index is 13.8. The molecule has 0 saturated carbocycles. The summed E-state index contributed by atoms with van der Waals surface area (Å²) < 4.78 is 44.5. The summed E-state index contributed by atoms with van der Waals surface area (Å²) in [6, 6.07) is 7.17. The van der Waals surface area contributed by atoms with Crippen molar-refractivity contribution in [3.05, 3.63) is 74.4 Å². The molecular weight excluding hydrogens is 445 g/mol. The summed E-state index contributed by atoms with van der Waals surface area (Å²) in [5, 5.41) is 3.27. The topological polar surface area (TPSA) is 90.3 Å². The van der Waals surface area contributed by atoms with Gasteiger partial charge in [-0.3, -0.25) is 4.79 Å². The van der Waals surface area contributed by atoms with Gasteiger partial charge in [-0.25, -0.2) is 12.8 Å². The third kappa shape index (κ3) is 5.23. The first-order valence-corrected chi connectivity index (χ1v) is 11.4. The molecule has 3 aromatic rings. The number of aryl methyl sites for hydroxylation is 1. The highest BCUT2D eigenvalue weighted by atomic mass is 35.5. The largest absolute Gasteiger partial charge is 0.490 e. The van der Waals surface area contributed by atoms with Crippen LogP contribution in [0.4, 0.5) is 16.0 Å². The van der Waals surface area contributed by atoms with Crippen molar-refractivity contribution in [3.8, 4) is 5.75 Å². The second-order valence-corrected chi connectivity index (χ2v) is 9.61. The van der Waals surface area contributed by atoms with Gasteiger partial charge >= 0.3 is 5.56 Å². The number of anilines is 2. The lowest BCUT2D eigenvalue weighted by Crippen LogP contribution is -2.19. The normalized spacial score (nSPS) is 11.4. The molecule has 0 bridgehead atoms. The Labute approximate surface area is 184 Å². The van der Waals surface area contributed by atoms with E-state index in [9.17, 15) is 17.6 Å². The molecule has 0 aliphatic carbocycles. The second-order valence-electron chi connectivity index (χ2n) is 7.15. The Hall–Kier alpha value is -2.91. The summed E-state index contributed by atoms with van der Waals surface area (Å²) in [7, 11) is -2.10. The molecule has 1 heterocycles. The van der Waals surface area contributed by atoms with Crippen LogP contribution in [0.3, 0.4) is 0 Å². The predicted octanol–water partition coefficient (Wildman–Crippen LogP) is 3.86. The fourth-order valence-electron chi connectivity index (χ4n) is 3.02. The molecule has 1 aromatic heterocycles. The summed E-state index contributed by atoms with van der Waals surface area (Å²) in [5.74, 6) is -0.351. The molecule has 164 valence electrons. The molecular formula is C21H21ClFN3O4S. The third-order valence-electron chi connectivity index (χ3n) is 4.77. The molecule has 0 saturated heterocycles. The predicted molar refractivity (Wildman–Crippen MR) is 118 cm³/mol. The molecule has 0 atom stereocenters. The molecule has 1 N–H and O–H groups in total. The van der Waals surface area contributed by atoms with Crippen molar-refractivity contribution < 1.29 is 17.5 Å². The SMILES string of the molecule is COc1cn(Cc2cc(F)cc(Cl)c2)c(Nc2cc(S(C)(=O)=O)cc(C)c2C)nc1=O. The highest BCUT2D eigenvalue weighted by molar-refractivity contribution is 7.90. The molecule has 0 unspecified atom stereocenters. The molecule has 3 rings (SSSR count). The van der Waals surface area contributed by atoms with Crippen LogP contribution in [0.5, 0.6) is 5.75 Å². The van der Waals surface area contributed by atoms with Crippen molar-refractivity contribution in [3.63, 3.8) is 0 Å². The molecule has 0 fully saturated rings. The quantitative estimate of drug-likeness (QED) is 0.594. The van der Waals surface area contributed by atoms with E-state index in [1.165, 1.54) is 31.5 Å². The van der Waals surface area contributed by atoms with E-state index in [-0.39, 0.29) is 28.2 Å². The minimum atomic E-state index is -3.45. The first kappa shape index (κ1) is 22.8. The number of methoxy groups -OCH3 is 1. The smallest absolute Gasteiger partial charge is 0.316 e. The van der Waals surface area contributed by atoms with Gasteiger partial charge in [-0.15, -0.1) is 0 Å². The Morgan fingerprint density at radius 3 is 2.52 bits per heavy atom. The number of ether oxygens (including phenoxy) is 1. The zero-order valence-corrected chi connectivity index (χ0v) is 18.9. The minimum Gasteiger partial charge on any atom is -0.490 e. The van der Waals surface area contributed by atoms with E-state index < -0.39 is 21.2 Å². The monoisotopic (exact) mass is 465 g/mol. The Morgan fingerprint density at radius 2 is 1.90 bits per heavy atom. The second kappa shape index (κ2) is 8.68. The van der Waals surface area contributed by atoms with Crippen LogP contribution in [0.15, 0.2) is 46.2 Å². The maximum Gasteiger partial charge on any atom is 0.316 e. The Balaban J connectivity index is 2.12. The summed E-state index contributed by atoms with van der Waals surface area (Å²) in [4.78, 5) is 16.5. The molecule has 0 aliphatic heterocycles. The van der Waals surface area contributed by atoms with Gasteiger partial charge in [-0.05, 0) is 60.9 Å². The Kier molecular flexibility index (Phi) is 6.38. The van der Waals surface area contributed by atoms with Crippen molar-refractivity contribution in [2.24, 2.45) is 0 Å². The fourth-order valence-corrected chi connectivity index (χ4v) is 3.99. The standard InChI is InChI=1S/C21H21ClFN3O4S/c1-12-5-17(31(4,28)29)9-18(13(12)2)24-21-25-20(27)19(30-3)11-26(21)10-14-6-15(22)8-16(23)7-14/h5-9,11H,10H2,1-4H3,(H,24,25,27). The van der Waals surface area contributed by atoms with E-state index >= 15 is 0 Å². The van der Waals surface area contributed by atoms with Gasteiger partial charge in [0.1, 0.15) is 5.82 Å². The molecule has 0 spiro atoms. The molecule has 2 aromatic carbocycles. The number of aromatic nitrogens is 2. The van der Waals surface area contributed by atoms with Gasteiger partial charge in [0, 0.05) is 17.0 Å². The van der Waals surface area contributed by atoms with E-state index in [0.29, 0.717) is 11.3 Å². The van der Waals surface area contributed by atoms with Crippen LogP contribution in [-0.2, 0) is 16.4 Å². The maximum atomic E-state index is 13.8. The minimum absolute atomic E-state index is 0.00541. The van der Waals surface area contributed by atoms with Crippen LogP contribution in [0.1, 0.15) is 16.7 Å². The van der Waals surface area contributed by atoms with E-state index in [1.54, 1.807) is 23.6 Å². The molecule has 31 heavy (non-hydrogen) atoms. The fraction of sp³-hybridized carbons (Fsp3) is 0.238. The van der Waals surface area contributed by atoms with E-state index in [4.69, 9.17) is 16.3 Å². The number of rotatable bonds is 6. The summed E-state index contributed by atoms with van der Waals surface area (Å²) in [6.45, 7) is 3.74. The molecule has 0 radical (unpaired) electrons. The lowest BCUT2D eigenvalue weighted by atomic mass is 10.1. The molecule has 0 aliphatic rings. The van der Waals surface area contributed by atoms with Gasteiger partial charge in [0.25, 0.3) is 0 Å². The van der Waals surface area contributed by atoms with E-state index in [2.05, 4.69) is 10.3 Å². The van der Waals surface area contributed by atoms with Crippen molar-refractivity contribution in [1.29, 1.82) is 0 Å². The van der Waals surface area contributed by atoms with Crippen LogP contribution in [-0.4, -0.2) is 31.3 Å².